The number of Topliss-reactive ketones (excluding diaryl/α,β-unsaturated/α-hetero) is 1. The van der Waals surface area contributed by atoms with Crippen LogP contribution in [0.4, 0.5) is 0 Å². The first-order valence-corrected chi connectivity index (χ1v) is 12.5. The Morgan fingerprint density at radius 1 is 0.659 bits per heavy atom. The first-order valence-electron chi connectivity index (χ1n) is 12.5. The molecule has 41 heavy (non-hydrogen) atoms. The van der Waals surface area contributed by atoms with Crippen molar-refractivity contribution in [1.29, 1.82) is 0 Å². The normalized spacial score (nSPS) is 13.6. The topological polar surface area (TPSA) is 245 Å². The first kappa shape index (κ1) is 34.2. The van der Waals surface area contributed by atoms with Crippen molar-refractivity contribution in [3.8, 4) is 0 Å². The van der Waals surface area contributed by atoms with Gasteiger partial charge in [-0.3, -0.25) is 38.4 Å². The van der Waals surface area contributed by atoms with Crippen molar-refractivity contribution in [2.75, 3.05) is 0 Å². The van der Waals surface area contributed by atoms with E-state index in [1.54, 1.807) is 32.0 Å². The molecule has 0 aromatic heterocycles. The van der Waals surface area contributed by atoms with Crippen LogP contribution in [0.15, 0.2) is 30.3 Å². The van der Waals surface area contributed by atoms with Crippen molar-refractivity contribution in [2.24, 2.45) is 5.92 Å². The van der Waals surface area contributed by atoms with Crippen molar-refractivity contribution < 1.29 is 53.7 Å². The monoisotopic (exact) mass is 578 g/mol. The number of benzene rings is 1. The number of carboxylic acids is 3. The maximum atomic E-state index is 13.1. The average Bonchev–Trinajstić information content (AvgIpc) is 2.87. The number of ketones is 1. The molecule has 224 valence electrons. The Morgan fingerprint density at radius 3 is 1.66 bits per heavy atom. The van der Waals surface area contributed by atoms with Gasteiger partial charge in [-0.05, 0) is 12.3 Å². The van der Waals surface area contributed by atoms with E-state index in [0.29, 0.717) is 0 Å². The standard InChI is InChI=1S/C26H34N4O11/c1-13(2)22(26(41)29-17(11-20(34)35)23(38)15-7-5-4-6-8-15)30-24(39)16(9-10-19(32)33)28-25(40)18(12-21(36)37)27-14(3)31/h4-8,13,16-18,22H,9-12H2,1-3H3,(H,27,31)(H,28,40)(H,29,41)(H,30,39)(H,32,33)(H,34,35)(H,36,37)/t16-,17-,18-,22-/m0/s1. The number of nitrogens with one attached hydrogen (secondary N) is 4. The van der Waals surface area contributed by atoms with Crippen LogP contribution in [0.5, 0.6) is 0 Å². The molecule has 0 saturated heterocycles. The van der Waals surface area contributed by atoms with E-state index in [9.17, 15) is 43.5 Å². The maximum absolute atomic E-state index is 13.1. The van der Waals surface area contributed by atoms with E-state index < -0.39 is 103 Å². The van der Waals surface area contributed by atoms with Gasteiger partial charge in [0.15, 0.2) is 5.78 Å². The Morgan fingerprint density at radius 2 is 1.17 bits per heavy atom. The molecule has 0 radical (unpaired) electrons. The van der Waals surface area contributed by atoms with E-state index in [0.717, 1.165) is 6.92 Å². The maximum Gasteiger partial charge on any atom is 0.305 e. The van der Waals surface area contributed by atoms with Crippen LogP contribution in [-0.4, -0.2) is 86.8 Å². The lowest BCUT2D eigenvalue weighted by molar-refractivity contribution is -0.141. The Hall–Kier alpha value is -4.82. The molecule has 4 amide bonds. The lowest BCUT2D eigenvalue weighted by Crippen LogP contribution is -2.59. The van der Waals surface area contributed by atoms with E-state index in [1.807, 2.05) is 0 Å². The summed E-state index contributed by atoms with van der Waals surface area (Å²) in [5, 5.41) is 36.5. The van der Waals surface area contributed by atoms with Crippen molar-refractivity contribution in [2.45, 2.75) is 70.6 Å². The van der Waals surface area contributed by atoms with Crippen LogP contribution in [0.1, 0.15) is 56.8 Å². The third kappa shape index (κ3) is 12.3. The summed E-state index contributed by atoms with van der Waals surface area (Å²) in [6, 6.07) is 1.69. The van der Waals surface area contributed by atoms with E-state index in [2.05, 4.69) is 21.3 Å². The molecule has 0 saturated carbocycles. The van der Waals surface area contributed by atoms with Crippen LogP contribution in [0.25, 0.3) is 0 Å². The number of amides is 4. The number of carbonyl (C=O) groups excluding carboxylic acids is 5. The summed E-state index contributed by atoms with van der Waals surface area (Å²) in [6.07, 6.45) is -2.61. The molecule has 0 unspecified atom stereocenters. The highest BCUT2D eigenvalue weighted by atomic mass is 16.4. The number of rotatable bonds is 17. The highest BCUT2D eigenvalue weighted by Gasteiger charge is 2.34. The second-order valence-corrected chi connectivity index (χ2v) is 9.46. The van der Waals surface area contributed by atoms with E-state index in [1.165, 1.54) is 12.1 Å². The van der Waals surface area contributed by atoms with Gasteiger partial charge < -0.3 is 36.6 Å². The summed E-state index contributed by atoms with van der Waals surface area (Å²) >= 11 is 0. The van der Waals surface area contributed by atoms with Gasteiger partial charge in [0.25, 0.3) is 0 Å². The van der Waals surface area contributed by atoms with Crippen LogP contribution < -0.4 is 21.3 Å². The van der Waals surface area contributed by atoms with Crippen molar-refractivity contribution in [1.82, 2.24) is 21.3 Å². The van der Waals surface area contributed by atoms with Crippen LogP contribution in [0.3, 0.4) is 0 Å². The number of hydrogen-bond acceptors (Lipinski definition) is 8. The van der Waals surface area contributed by atoms with Crippen LogP contribution >= 0.6 is 0 Å². The average molecular weight is 579 g/mol. The van der Waals surface area contributed by atoms with Crippen molar-refractivity contribution in [3.63, 3.8) is 0 Å². The number of hydrogen-bond donors (Lipinski definition) is 7. The second kappa shape index (κ2) is 16.3. The number of aliphatic carboxylic acids is 3. The van der Waals surface area contributed by atoms with Gasteiger partial charge in [0.1, 0.15) is 24.2 Å². The lowest BCUT2D eigenvalue weighted by atomic mass is 9.98. The summed E-state index contributed by atoms with van der Waals surface area (Å²) < 4.78 is 0. The molecular weight excluding hydrogens is 544 g/mol. The molecular formula is C26H34N4O11. The van der Waals surface area contributed by atoms with E-state index in [-0.39, 0.29) is 5.56 Å². The Labute approximate surface area is 235 Å². The summed E-state index contributed by atoms with van der Waals surface area (Å²) in [7, 11) is 0. The summed E-state index contributed by atoms with van der Waals surface area (Å²) in [6.45, 7) is 4.13. The predicted molar refractivity (Wildman–Crippen MR) is 140 cm³/mol. The molecule has 1 aromatic carbocycles. The van der Waals surface area contributed by atoms with Gasteiger partial charge in [0, 0.05) is 18.9 Å². The Balaban J connectivity index is 3.17. The van der Waals surface area contributed by atoms with Gasteiger partial charge >= 0.3 is 17.9 Å². The van der Waals surface area contributed by atoms with Crippen LogP contribution in [0.2, 0.25) is 0 Å². The van der Waals surface area contributed by atoms with E-state index >= 15 is 0 Å². The quantitative estimate of drug-likeness (QED) is 0.114. The van der Waals surface area contributed by atoms with Crippen molar-refractivity contribution >= 4 is 47.3 Å². The fraction of sp³-hybridized carbons (Fsp3) is 0.462. The molecule has 0 bridgehead atoms. The molecule has 0 aliphatic rings. The highest BCUT2D eigenvalue weighted by molar-refractivity contribution is 6.04. The first-order chi connectivity index (χ1) is 19.1. The van der Waals surface area contributed by atoms with Crippen LogP contribution in [0, 0.1) is 5.92 Å². The molecule has 1 aromatic rings. The lowest BCUT2D eigenvalue weighted by Gasteiger charge is -2.27. The Bertz CT molecular complexity index is 1140. The third-order valence-electron chi connectivity index (χ3n) is 5.67. The third-order valence-corrected chi connectivity index (χ3v) is 5.67. The van der Waals surface area contributed by atoms with Gasteiger partial charge in [-0.25, -0.2) is 0 Å². The molecule has 0 heterocycles. The molecule has 7 N–H and O–H groups in total. The van der Waals surface area contributed by atoms with Gasteiger partial charge in [-0.15, -0.1) is 0 Å². The minimum Gasteiger partial charge on any atom is -0.481 e. The minimum absolute atomic E-state index is 0.149. The smallest absolute Gasteiger partial charge is 0.305 e. The zero-order chi connectivity index (χ0) is 31.3. The Kier molecular flexibility index (Phi) is 13.6. The molecule has 4 atom stereocenters. The fourth-order valence-electron chi connectivity index (χ4n) is 3.68. The SMILES string of the molecule is CC(=O)N[C@@H](CC(=O)O)C(=O)N[C@@H](CCC(=O)O)C(=O)N[C@H](C(=O)N[C@@H](CC(=O)O)C(=O)c1ccccc1)C(C)C. The van der Waals surface area contributed by atoms with Gasteiger partial charge in [-0.2, -0.15) is 0 Å². The van der Waals surface area contributed by atoms with Gasteiger partial charge in [-0.1, -0.05) is 44.2 Å². The largest absolute Gasteiger partial charge is 0.481 e. The zero-order valence-corrected chi connectivity index (χ0v) is 22.7. The van der Waals surface area contributed by atoms with Crippen LogP contribution in [-0.2, 0) is 33.6 Å². The predicted octanol–water partition coefficient (Wildman–Crippen LogP) is -0.701. The highest BCUT2D eigenvalue weighted by Crippen LogP contribution is 2.10. The zero-order valence-electron chi connectivity index (χ0n) is 22.7. The summed E-state index contributed by atoms with van der Waals surface area (Å²) in [5.41, 5.74) is 0.149. The summed E-state index contributed by atoms with van der Waals surface area (Å²) in [4.78, 5) is 96.9. The molecule has 0 spiro atoms. The van der Waals surface area contributed by atoms with E-state index in [4.69, 9.17) is 10.2 Å². The molecule has 15 heteroatoms. The molecule has 15 nitrogen and oxygen atoms in total. The minimum atomic E-state index is -1.57. The van der Waals surface area contributed by atoms with Gasteiger partial charge in [0.2, 0.25) is 23.6 Å². The number of carbonyl (C=O) groups is 8. The summed E-state index contributed by atoms with van der Waals surface area (Å²) in [5.74, 6) is -9.11. The molecule has 1 rings (SSSR count). The van der Waals surface area contributed by atoms with Gasteiger partial charge in [0.05, 0.1) is 12.8 Å². The van der Waals surface area contributed by atoms with Crippen molar-refractivity contribution in [3.05, 3.63) is 35.9 Å². The second-order valence-electron chi connectivity index (χ2n) is 9.46. The fourth-order valence-corrected chi connectivity index (χ4v) is 3.68. The molecule has 0 aliphatic heterocycles. The molecule has 0 aliphatic carbocycles. The number of carboxylic acid groups (broad SMARTS) is 3. The molecule has 0 fully saturated rings.